The highest BCUT2D eigenvalue weighted by Gasteiger charge is 2.14. The predicted molar refractivity (Wildman–Crippen MR) is 98.0 cm³/mol. The van der Waals surface area contributed by atoms with E-state index in [1.165, 1.54) is 14.0 Å². The molecule has 6 heteroatoms. The lowest BCUT2D eigenvalue weighted by Crippen LogP contribution is -2.21. The molecule has 2 rings (SSSR count). The summed E-state index contributed by atoms with van der Waals surface area (Å²) in [4.78, 5) is 23.9. The Morgan fingerprint density at radius 2 is 1.88 bits per heavy atom. The minimum absolute atomic E-state index is 0.157. The molecule has 0 aliphatic heterocycles. The van der Waals surface area contributed by atoms with Gasteiger partial charge in [0.25, 0.3) is 5.91 Å². The van der Waals surface area contributed by atoms with Crippen LogP contribution in [0.1, 0.15) is 28.4 Å². The molecule has 5 nitrogen and oxygen atoms in total. The van der Waals surface area contributed by atoms with Crippen molar-refractivity contribution in [2.45, 2.75) is 20.8 Å². The summed E-state index contributed by atoms with van der Waals surface area (Å²) in [6, 6.07) is 8.56. The summed E-state index contributed by atoms with van der Waals surface area (Å²) < 4.78 is 10.6. The summed E-state index contributed by atoms with van der Waals surface area (Å²) in [5, 5.41) is 3.21. The van der Waals surface area contributed by atoms with E-state index in [0.29, 0.717) is 27.8 Å². The fraction of sp³-hybridized carbons (Fsp3) is 0.263. The van der Waals surface area contributed by atoms with Gasteiger partial charge in [0.1, 0.15) is 11.5 Å². The summed E-state index contributed by atoms with van der Waals surface area (Å²) >= 11 is 6.19. The standard InChI is InChI=1S/C19H20ClNO4/c1-11-7-12(2)19(16(20)8-11)21-18(23)10-25-17-9-14(24-4)5-6-15(17)13(3)22/h5-9H,10H2,1-4H3,(H,21,23). The lowest BCUT2D eigenvalue weighted by atomic mass is 10.1. The van der Waals surface area contributed by atoms with Gasteiger partial charge < -0.3 is 14.8 Å². The highest BCUT2D eigenvalue weighted by atomic mass is 35.5. The minimum atomic E-state index is -0.369. The molecule has 0 aromatic heterocycles. The Balaban J connectivity index is 2.12. The van der Waals surface area contributed by atoms with Crippen LogP contribution in [0.3, 0.4) is 0 Å². The second-order valence-corrected chi connectivity index (χ2v) is 6.10. The molecule has 132 valence electrons. The first-order valence-electron chi connectivity index (χ1n) is 7.70. The maximum Gasteiger partial charge on any atom is 0.262 e. The summed E-state index contributed by atoms with van der Waals surface area (Å²) in [7, 11) is 1.52. The van der Waals surface area contributed by atoms with Crippen LogP contribution < -0.4 is 14.8 Å². The van der Waals surface area contributed by atoms with Crippen LogP contribution in [0.2, 0.25) is 5.02 Å². The van der Waals surface area contributed by atoms with Gasteiger partial charge in [-0.15, -0.1) is 0 Å². The van der Waals surface area contributed by atoms with Crippen LogP contribution in [0.5, 0.6) is 11.5 Å². The second kappa shape index (κ2) is 8.03. The van der Waals surface area contributed by atoms with E-state index in [1.54, 1.807) is 24.3 Å². The second-order valence-electron chi connectivity index (χ2n) is 5.69. The number of hydrogen-bond donors (Lipinski definition) is 1. The number of carbonyl (C=O) groups is 2. The van der Waals surface area contributed by atoms with Crippen molar-refractivity contribution in [3.63, 3.8) is 0 Å². The quantitative estimate of drug-likeness (QED) is 0.784. The number of anilines is 1. The fourth-order valence-corrected chi connectivity index (χ4v) is 2.80. The molecule has 1 amide bonds. The van der Waals surface area contributed by atoms with Crippen molar-refractivity contribution in [3.05, 3.63) is 52.0 Å². The van der Waals surface area contributed by atoms with Gasteiger partial charge in [-0.05, 0) is 50.1 Å². The number of rotatable bonds is 6. The normalized spacial score (nSPS) is 10.3. The molecule has 2 aromatic rings. The zero-order valence-corrected chi connectivity index (χ0v) is 15.4. The zero-order valence-electron chi connectivity index (χ0n) is 14.6. The number of hydrogen-bond acceptors (Lipinski definition) is 4. The van der Waals surface area contributed by atoms with Crippen LogP contribution in [-0.4, -0.2) is 25.4 Å². The van der Waals surface area contributed by atoms with Crippen molar-refractivity contribution >= 4 is 29.0 Å². The molecule has 0 fully saturated rings. The molecule has 0 radical (unpaired) electrons. The molecular formula is C19H20ClNO4. The summed E-state index contributed by atoms with van der Waals surface area (Å²) in [6.07, 6.45) is 0. The minimum Gasteiger partial charge on any atom is -0.497 e. The van der Waals surface area contributed by atoms with Gasteiger partial charge in [0.05, 0.1) is 23.4 Å². The van der Waals surface area contributed by atoms with Crippen LogP contribution in [0.4, 0.5) is 5.69 Å². The number of Topliss-reactive ketones (excluding diaryl/α,β-unsaturated/α-hetero) is 1. The molecule has 0 aliphatic rings. The molecule has 0 bridgehead atoms. The van der Waals surface area contributed by atoms with Gasteiger partial charge in [-0.25, -0.2) is 0 Å². The van der Waals surface area contributed by atoms with Gasteiger partial charge in [0, 0.05) is 6.07 Å². The number of nitrogens with one attached hydrogen (secondary N) is 1. The monoisotopic (exact) mass is 361 g/mol. The number of amides is 1. The van der Waals surface area contributed by atoms with Crippen molar-refractivity contribution in [2.24, 2.45) is 0 Å². The van der Waals surface area contributed by atoms with Gasteiger partial charge in [0.15, 0.2) is 12.4 Å². The molecule has 0 spiro atoms. The maximum atomic E-state index is 12.2. The van der Waals surface area contributed by atoms with E-state index in [1.807, 2.05) is 19.9 Å². The molecule has 0 heterocycles. The third-order valence-corrected chi connectivity index (χ3v) is 3.92. The van der Waals surface area contributed by atoms with Crippen molar-refractivity contribution < 1.29 is 19.1 Å². The Morgan fingerprint density at radius 1 is 1.16 bits per heavy atom. The third-order valence-electron chi connectivity index (χ3n) is 3.62. The number of halogens is 1. The SMILES string of the molecule is COc1ccc(C(C)=O)c(OCC(=O)Nc2c(C)cc(C)cc2Cl)c1. The van der Waals surface area contributed by atoms with Crippen molar-refractivity contribution in [3.8, 4) is 11.5 Å². The smallest absolute Gasteiger partial charge is 0.262 e. The van der Waals surface area contributed by atoms with Crippen molar-refractivity contribution in [1.29, 1.82) is 0 Å². The lowest BCUT2D eigenvalue weighted by Gasteiger charge is -2.14. The van der Waals surface area contributed by atoms with Gasteiger partial charge in [0.2, 0.25) is 0 Å². The van der Waals surface area contributed by atoms with Crippen molar-refractivity contribution in [2.75, 3.05) is 19.0 Å². The van der Waals surface area contributed by atoms with E-state index < -0.39 is 0 Å². The van der Waals surface area contributed by atoms with E-state index in [0.717, 1.165) is 11.1 Å². The average Bonchev–Trinajstić information content (AvgIpc) is 2.55. The number of ether oxygens (including phenoxy) is 2. The van der Waals surface area contributed by atoms with Gasteiger partial charge in [-0.1, -0.05) is 17.7 Å². The number of methoxy groups -OCH3 is 1. The first kappa shape index (κ1) is 18.8. The van der Waals surface area contributed by atoms with Crippen LogP contribution >= 0.6 is 11.6 Å². The number of aryl methyl sites for hydroxylation is 2. The van der Waals surface area contributed by atoms with E-state index >= 15 is 0 Å². The molecule has 0 saturated carbocycles. The number of benzene rings is 2. The molecule has 2 aromatic carbocycles. The molecule has 1 N–H and O–H groups in total. The van der Waals surface area contributed by atoms with E-state index in [2.05, 4.69) is 5.32 Å². The van der Waals surface area contributed by atoms with Crippen LogP contribution in [0, 0.1) is 13.8 Å². The predicted octanol–water partition coefficient (Wildman–Crippen LogP) is 4.19. The Kier molecular flexibility index (Phi) is 6.04. The molecule has 0 saturated heterocycles. The molecule has 25 heavy (non-hydrogen) atoms. The van der Waals surface area contributed by atoms with E-state index in [9.17, 15) is 9.59 Å². The third kappa shape index (κ3) is 4.73. The first-order chi connectivity index (χ1) is 11.8. The van der Waals surface area contributed by atoms with Gasteiger partial charge in [-0.3, -0.25) is 9.59 Å². The highest BCUT2D eigenvalue weighted by Crippen LogP contribution is 2.28. The van der Waals surface area contributed by atoms with Gasteiger partial charge in [-0.2, -0.15) is 0 Å². The Labute approximate surface area is 151 Å². The largest absolute Gasteiger partial charge is 0.497 e. The Hall–Kier alpha value is -2.53. The number of carbonyl (C=O) groups excluding carboxylic acids is 2. The first-order valence-corrected chi connectivity index (χ1v) is 8.08. The van der Waals surface area contributed by atoms with Crippen LogP contribution in [-0.2, 0) is 4.79 Å². The maximum absolute atomic E-state index is 12.2. The lowest BCUT2D eigenvalue weighted by molar-refractivity contribution is -0.118. The fourth-order valence-electron chi connectivity index (χ4n) is 2.43. The Bertz CT molecular complexity index is 794. The Morgan fingerprint density at radius 3 is 2.48 bits per heavy atom. The van der Waals surface area contributed by atoms with Crippen LogP contribution in [0.25, 0.3) is 0 Å². The van der Waals surface area contributed by atoms with Crippen LogP contribution in [0.15, 0.2) is 30.3 Å². The topological polar surface area (TPSA) is 64.6 Å². The highest BCUT2D eigenvalue weighted by molar-refractivity contribution is 6.34. The van der Waals surface area contributed by atoms with E-state index in [-0.39, 0.29) is 18.3 Å². The number of ketones is 1. The molecular weight excluding hydrogens is 342 g/mol. The zero-order chi connectivity index (χ0) is 18.6. The molecule has 0 aliphatic carbocycles. The van der Waals surface area contributed by atoms with E-state index in [4.69, 9.17) is 21.1 Å². The molecule has 0 unspecified atom stereocenters. The summed E-state index contributed by atoms with van der Waals surface area (Å²) in [5.74, 6) is 0.313. The van der Waals surface area contributed by atoms with Crippen molar-refractivity contribution in [1.82, 2.24) is 0 Å². The summed E-state index contributed by atoms with van der Waals surface area (Å²) in [5.41, 5.74) is 2.82. The summed E-state index contributed by atoms with van der Waals surface area (Å²) in [6.45, 7) is 4.98. The van der Waals surface area contributed by atoms with Gasteiger partial charge >= 0.3 is 0 Å². The molecule has 0 atom stereocenters. The average molecular weight is 362 g/mol.